The molecule has 100 valence electrons. The van der Waals surface area contributed by atoms with Gasteiger partial charge in [-0.15, -0.1) is 0 Å². The monoisotopic (exact) mass is 270 g/mol. The van der Waals surface area contributed by atoms with Crippen LogP contribution >= 0.6 is 11.6 Å². The standard InChI is InChI=1S/C11H19ClN6/c1-17-5-3-8(4-6-17)7-18(2)11-15-9(12)14-10(13)16-11/h8H,3-7H2,1-2H3,(H2,13,14,15,16). The SMILES string of the molecule is CN1CCC(CN(C)c2nc(N)nc(Cl)n2)CC1. The highest BCUT2D eigenvalue weighted by Gasteiger charge is 2.19. The molecular weight excluding hydrogens is 252 g/mol. The first kappa shape index (κ1) is 13.3. The second-order valence-electron chi connectivity index (χ2n) is 4.89. The van der Waals surface area contributed by atoms with Gasteiger partial charge < -0.3 is 15.5 Å². The van der Waals surface area contributed by atoms with Crippen LogP contribution in [0.3, 0.4) is 0 Å². The molecule has 0 radical (unpaired) electrons. The van der Waals surface area contributed by atoms with Crippen molar-refractivity contribution in [3.63, 3.8) is 0 Å². The molecule has 1 aliphatic rings. The number of piperidine rings is 1. The van der Waals surface area contributed by atoms with Gasteiger partial charge in [0.1, 0.15) is 0 Å². The van der Waals surface area contributed by atoms with Gasteiger partial charge in [0, 0.05) is 13.6 Å². The fourth-order valence-corrected chi connectivity index (χ4v) is 2.40. The van der Waals surface area contributed by atoms with Crippen LogP contribution in [0.1, 0.15) is 12.8 Å². The van der Waals surface area contributed by atoms with Crippen LogP contribution in [0.15, 0.2) is 0 Å². The van der Waals surface area contributed by atoms with Crippen LogP contribution in [0.2, 0.25) is 5.28 Å². The molecule has 18 heavy (non-hydrogen) atoms. The molecule has 0 spiro atoms. The summed E-state index contributed by atoms with van der Waals surface area (Å²) in [5.41, 5.74) is 5.57. The van der Waals surface area contributed by atoms with Crippen molar-refractivity contribution in [1.29, 1.82) is 0 Å². The average molecular weight is 271 g/mol. The predicted octanol–water partition coefficient (Wildman–Crippen LogP) is 0.885. The van der Waals surface area contributed by atoms with Crippen molar-refractivity contribution in [1.82, 2.24) is 19.9 Å². The molecule has 0 amide bonds. The summed E-state index contributed by atoms with van der Waals surface area (Å²) in [6.45, 7) is 3.23. The van der Waals surface area contributed by atoms with Gasteiger partial charge in [-0.3, -0.25) is 0 Å². The molecule has 0 unspecified atom stereocenters. The summed E-state index contributed by atoms with van der Waals surface area (Å²) in [6, 6.07) is 0. The van der Waals surface area contributed by atoms with E-state index in [0.717, 1.165) is 19.6 Å². The van der Waals surface area contributed by atoms with E-state index in [9.17, 15) is 0 Å². The van der Waals surface area contributed by atoms with Crippen LogP contribution in [0.4, 0.5) is 11.9 Å². The maximum atomic E-state index is 5.78. The molecule has 6 nitrogen and oxygen atoms in total. The van der Waals surface area contributed by atoms with Crippen LogP contribution in [-0.4, -0.2) is 53.6 Å². The van der Waals surface area contributed by atoms with Crippen LogP contribution in [0, 0.1) is 5.92 Å². The highest BCUT2D eigenvalue weighted by molar-refractivity contribution is 6.28. The third-order valence-electron chi connectivity index (χ3n) is 3.33. The number of halogens is 1. The van der Waals surface area contributed by atoms with Crippen molar-refractivity contribution in [3.05, 3.63) is 5.28 Å². The number of nitrogen functional groups attached to an aromatic ring is 1. The Morgan fingerprint density at radius 3 is 2.61 bits per heavy atom. The van der Waals surface area contributed by atoms with Gasteiger partial charge in [0.2, 0.25) is 17.2 Å². The smallest absolute Gasteiger partial charge is 0.231 e. The molecule has 1 aliphatic heterocycles. The van der Waals surface area contributed by atoms with Crippen molar-refractivity contribution in [3.8, 4) is 0 Å². The molecule has 2 heterocycles. The second-order valence-corrected chi connectivity index (χ2v) is 5.23. The topological polar surface area (TPSA) is 71.2 Å². The number of nitrogens with two attached hydrogens (primary N) is 1. The van der Waals surface area contributed by atoms with Crippen LogP contribution in [0.5, 0.6) is 0 Å². The Balaban J connectivity index is 1.96. The lowest BCUT2D eigenvalue weighted by Crippen LogP contribution is -2.36. The zero-order valence-electron chi connectivity index (χ0n) is 10.8. The Morgan fingerprint density at radius 2 is 2.00 bits per heavy atom. The van der Waals surface area contributed by atoms with E-state index in [0.29, 0.717) is 11.9 Å². The molecule has 1 fully saturated rings. The Morgan fingerprint density at radius 1 is 1.33 bits per heavy atom. The molecule has 0 aliphatic carbocycles. The van der Waals surface area contributed by atoms with E-state index in [4.69, 9.17) is 17.3 Å². The van der Waals surface area contributed by atoms with Gasteiger partial charge in [0.05, 0.1) is 0 Å². The quantitative estimate of drug-likeness (QED) is 0.879. The predicted molar refractivity (Wildman–Crippen MR) is 72.7 cm³/mol. The molecule has 1 aromatic heterocycles. The molecule has 0 atom stereocenters. The Bertz CT molecular complexity index is 384. The molecule has 1 aromatic rings. The lowest BCUT2D eigenvalue weighted by atomic mass is 9.97. The van der Waals surface area contributed by atoms with E-state index in [1.165, 1.54) is 12.8 Å². The molecule has 1 saturated heterocycles. The summed E-state index contributed by atoms with van der Waals surface area (Å²) in [7, 11) is 4.12. The van der Waals surface area contributed by atoms with Gasteiger partial charge in [-0.2, -0.15) is 15.0 Å². The number of nitrogens with zero attached hydrogens (tertiary/aromatic N) is 5. The van der Waals surface area contributed by atoms with Gasteiger partial charge in [0.15, 0.2) is 0 Å². The van der Waals surface area contributed by atoms with Gasteiger partial charge in [-0.05, 0) is 50.5 Å². The highest BCUT2D eigenvalue weighted by atomic mass is 35.5. The zero-order valence-corrected chi connectivity index (χ0v) is 11.6. The first-order valence-electron chi connectivity index (χ1n) is 6.11. The summed E-state index contributed by atoms with van der Waals surface area (Å²) < 4.78 is 0. The fourth-order valence-electron chi connectivity index (χ4n) is 2.24. The van der Waals surface area contributed by atoms with Gasteiger partial charge >= 0.3 is 0 Å². The van der Waals surface area contributed by atoms with Crippen molar-refractivity contribution in [2.45, 2.75) is 12.8 Å². The summed E-state index contributed by atoms with van der Waals surface area (Å²) in [4.78, 5) is 16.3. The molecule has 0 aromatic carbocycles. The summed E-state index contributed by atoms with van der Waals surface area (Å²) >= 11 is 5.78. The minimum atomic E-state index is 0.146. The number of hydrogen-bond acceptors (Lipinski definition) is 6. The van der Waals surface area contributed by atoms with Crippen LogP contribution < -0.4 is 10.6 Å². The molecule has 7 heteroatoms. The molecule has 0 saturated carbocycles. The Labute approximate surface area is 112 Å². The average Bonchev–Trinajstić information content (AvgIpc) is 2.31. The number of hydrogen-bond donors (Lipinski definition) is 1. The Hall–Kier alpha value is -1.14. The highest BCUT2D eigenvalue weighted by Crippen LogP contribution is 2.19. The maximum absolute atomic E-state index is 5.78. The third-order valence-corrected chi connectivity index (χ3v) is 3.49. The maximum Gasteiger partial charge on any atom is 0.231 e. The van der Waals surface area contributed by atoms with Crippen molar-refractivity contribution < 1.29 is 0 Å². The summed E-state index contributed by atoms with van der Waals surface area (Å²) in [5.74, 6) is 1.38. The zero-order chi connectivity index (χ0) is 13.1. The lowest BCUT2D eigenvalue weighted by Gasteiger charge is -2.31. The van der Waals surface area contributed by atoms with Crippen molar-refractivity contribution in [2.24, 2.45) is 5.92 Å². The number of rotatable bonds is 3. The summed E-state index contributed by atoms with van der Waals surface area (Å²) in [6.07, 6.45) is 2.41. The first-order valence-corrected chi connectivity index (χ1v) is 6.49. The van der Waals surface area contributed by atoms with E-state index >= 15 is 0 Å². The second kappa shape index (κ2) is 5.67. The molecular formula is C11H19ClN6. The van der Waals surface area contributed by atoms with E-state index in [2.05, 4.69) is 26.9 Å². The van der Waals surface area contributed by atoms with Gasteiger partial charge in [-0.25, -0.2) is 0 Å². The molecule has 2 rings (SSSR count). The molecule has 0 bridgehead atoms. The third kappa shape index (κ3) is 3.43. The van der Waals surface area contributed by atoms with E-state index < -0.39 is 0 Å². The van der Waals surface area contributed by atoms with E-state index in [1.807, 2.05) is 11.9 Å². The largest absolute Gasteiger partial charge is 0.368 e. The van der Waals surface area contributed by atoms with Gasteiger partial charge in [0.25, 0.3) is 0 Å². The van der Waals surface area contributed by atoms with Gasteiger partial charge in [-0.1, -0.05) is 0 Å². The fraction of sp³-hybridized carbons (Fsp3) is 0.727. The lowest BCUT2D eigenvalue weighted by molar-refractivity contribution is 0.222. The minimum absolute atomic E-state index is 0.146. The Kier molecular flexibility index (Phi) is 4.19. The van der Waals surface area contributed by atoms with E-state index in [-0.39, 0.29) is 11.2 Å². The van der Waals surface area contributed by atoms with Crippen molar-refractivity contribution in [2.75, 3.05) is 44.4 Å². The number of likely N-dealkylation sites (tertiary alicyclic amines) is 1. The summed E-state index contributed by atoms with van der Waals surface area (Å²) in [5, 5.41) is 0.146. The number of anilines is 2. The number of aromatic nitrogens is 3. The molecule has 2 N–H and O–H groups in total. The first-order chi connectivity index (χ1) is 8.54. The normalized spacial score (nSPS) is 17.9. The van der Waals surface area contributed by atoms with E-state index in [1.54, 1.807) is 0 Å². The van der Waals surface area contributed by atoms with Crippen LogP contribution in [-0.2, 0) is 0 Å². The van der Waals surface area contributed by atoms with Crippen LogP contribution in [0.25, 0.3) is 0 Å². The van der Waals surface area contributed by atoms with Crippen molar-refractivity contribution >= 4 is 23.5 Å². The minimum Gasteiger partial charge on any atom is -0.368 e.